The lowest BCUT2D eigenvalue weighted by atomic mass is 9.98. The van der Waals surface area contributed by atoms with Crippen molar-refractivity contribution in [1.82, 2.24) is 10.2 Å². The topological polar surface area (TPSA) is 50.8 Å². The monoisotopic (exact) mass is 266 g/mol. The summed E-state index contributed by atoms with van der Waals surface area (Å²) in [4.78, 5) is 14.4. The first kappa shape index (κ1) is 12.8. The zero-order valence-electron chi connectivity index (χ0n) is 11.4. The molecule has 3 aliphatic rings. The minimum Gasteiger partial charge on any atom is -0.494 e. The molecule has 5 nitrogen and oxygen atoms in total. The van der Waals surface area contributed by atoms with E-state index in [2.05, 4.69) is 5.32 Å². The number of amides is 1. The fourth-order valence-corrected chi connectivity index (χ4v) is 3.47. The summed E-state index contributed by atoms with van der Waals surface area (Å²) in [6.07, 6.45) is 6.07. The second-order valence-electron chi connectivity index (χ2n) is 5.56. The van der Waals surface area contributed by atoms with Gasteiger partial charge < -0.3 is 19.7 Å². The summed E-state index contributed by atoms with van der Waals surface area (Å²) in [6, 6.07) is 1.51. The van der Waals surface area contributed by atoms with Gasteiger partial charge in [0.1, 0.15) is 19.5 Å². The Hall–Kier alpha value is -1.23. The SMILES string of the molecule is CCN(C(=O)C1=COCCO1)C1CC2CCC(C1)N2. The van der Waals surface area contributed by atoms with Crippen LogP contribution in [0.5, 0.6) is 0 Å². The van der Waals surface area contributed by atoms with E-state index in [0.29, 0.717) is 37.1 Å². The lowest BCUT2D eigenvalue weighted by Crippen LogP contribution is -2.50. The molecule has 3 aliphatic heterocycles. The number of fused-ring (bicyclic) bond motifs is 2. The highest BCUT2D eigenvalue weighted by Crippen LogP contribution is 2.30. The molecule has 0 spiro atoms. The molecule has 3 heterocycles. The third kappa shape index (κ3) is 2.56. The summed E-state index contributed by atoms with van der Waals surface area (Å²) >= 11 is 0. The number of carbonyl (C=O) groups excluding carboxylic acids is 1. The van der Waals surface area contributed by atoms with Crippen molar-refractivity contribution in [3.8, 4) is 0 Å². The number of rotatable bonds is 3. The highest BCUT2D eigenvalue weighted by Gasteiger charge is 2.38. The van der Waals surface area contributed by atoms with Gasteiger partial charge in [0.25, 0.3) is 5.91 Å². The summed E-state index contributed by atoms with van der Waals surface area (Å²) < 4.78 is 10.6. The predicted octanol–water partition coefficient (Wildman–Crippen LogP) is 1.01. The molecule has 0 saturated carbocycles. The Balaban J connectivity index is 1.69. The van der Waals surface area contributed by atoms with Crippen molar-refractivity contribution in [2.75, 3.05) is 19.8 Å². The number of hydrogen-bond donors (Lipinski definition) is 1. The van der Waals surface area contributed by atoms with Crippen LogP contribution in [0.3, 0.4) is 0 Å². The van der Waals surface area contributed by atoms with Crippen molar-refractivity contribution in [2.24, 2.45) is 0 Å². The lowest BCUT2D eigenvalue weighted by Gasteiger charge is -2.37. The van der Waals surface area contributed by atoms with E-state index in [9.17, 15) is 4.79 Å². The average Bonchev–Trinajstić information content (AvgIpc) is 2.79. The van der Waals surface area contributed by atoms with Crippen LogP contribution in [0.2, 0.25) is 0 Å². The van der Waals surface area contributed by atoms with E-state index in [-0.39, 0.29) is 5.91 Å². The molecule has 106 valence electrons. The molecule has 0 aromatic rings. The normalized spacial score (nSPS) is 33.1. The van der Waals surface area contributed by atoms with E-state index < -0.39 is 0 Å². The Labute approximate surface area is 113 Å². The molecule has 1 amide bonds. The number of likely N-dealkylation sites (N-methyl/N-ethyl adjacent to an activating group) is 1. The van der Waals surface area contributed by atoms with Gasteiger partial charge in [0.15, 0.2) is 0 Å². The minimum absolute atomic E-state index is 0.0199. The molecule has 2 unspecified atom stereocenters. The standard InChI is InChI=1S/C14H22N2O3/c1-2-16(14(17)13-9-18-5-6-19-13)12-7-10-3-4-11(8-12)15-10/h9-12,15H,2-8H2,1H3. The third-order valence-corrected chi connectivity index (χ3v) is 4.35. The summed E-state index contributed by atoms with van der Waals surface area (Å²) in [5, 5.41) is 3.61. The first-order valence-corrected chi connectivity index (χ1v) is 7.29. The van der Waals surface area contributed by atoms with Gasteiger partial charge in [-0.15, -0.1) is 0 Å². The molecule has 2 fully saturated rings. The number of piperidine rings is 1. The van der Waals surface area contributed by atoms with Gasteiger partial charge in [-0.25, -0.2) is 0 Å². The summed E-state index contributed by atoms with van der Waals surface area (Å²) in [5.74, 6) is 0.340. The van der Waals surface area contributed by atoms with Crippen LogP contribution >= 0.6 is 0 Å². The maximum absolute atomic E-state index is 12.5. The highest BCUT2D eigenvalue weighted by atomic mass is 16.6. The second-order valence-corrected chi connectivity index (χ2v) is 5.56. The largest absolute Gasteiger partial charge is 0.494 e. The van der Waals surface area contributed by atoms with Crippen molar-refractivity contribution in [3.63, 3.8) is 0 Å². The zero-order chi connectivity index (χ0) is 13.2. The van der Waals surface area contributed by atoms with Crippen molar-refractivity contribution < 1.29 is 14.3 Å². The van der Waals surface area contributed by atoms with Gasteiger partial charge in [-0.05, 0) is 32.6 Å². The van der Waals surface area contributed by atoms with Gasteiger partial charge in [-0.2, -0.15) is 0 Å². The Kier molecular flexibility index (Phi) is 3.64. The Morgan fingerprint density at radius 1 is 1.37 bits per heavy atom. The van der Waals surface area contributed by atoms with E-state index in [4.69, 9.17) is 9.47 Å². The molecule has 0 aliphatic carbocycles. The highest BCUT2D eigenvalue weighted by molar-refractivity contribution is 5.91. The van der Waals surface area contributed by atoms with E-state index in [1.807, 2.05) is 11.8 Å². The van der Waals surface area contributed by atoms with E-state index >= 15 is 0 Å². The molecule has 1 N–H and O–H groups in total. The maximum Gasteiger partial charge on any atom is 0.292 e. The van der Waals surface area contributed by atoms with Gasteiger partial charge >= 0.3 is 0 Å². The Morgan fingerprint density at radius 2 is 2.11 bits per heavy atom. The van der Waals surface area contributed by atoms with E-state index in [0.717, 1.165) is 19.4 Å². The number of nitrogens with zero attached hydrogens (tertiary/aromatic N) is 1. The molecule has 0 aromatic heterocycles. The van der Waals surface area contributed by atoms with Crippen LogP contribution in [0, 0.1) is 0 Å². The van der Waals surface area contributed by atoms with E-state index in [1.54, 1.807) is 0 Å². The molecular formula is C14H22N2O3. The molecule has 3 rings (SSSR count). The Morgan fingerprint density at radius 3 is 2.68 bits per heavy atom. The van der Waals surface area contributed by atoms with Crippen molar-refractivity contribution in [1.29, 1.82) is 0 Å². The smallest absolute Gasteiger partial charge is 0.292 e. The summed E-state index contributed by atoms with van der Waals surface area (Å²) in [7, 11) is 0. The fraction of sp³-hybridized carbons (Fsp3) is 0.786. The van der Waals surface area contributed by atoms with Crippen LogP contribution in [0.1, 0.15) is 32.6 Å². The van der Waals surface area contributed by atoms with Crippen LogP contribution < -0.4 is 5.32 Å². The number of ether oxygens (including phenoxy) is 2. The average molecular weight is 266 g/mol. The predicted molar refractivity (Wildman–Crippen MR) is 70.3 cm³/mol. The van der Waals surface area contributed by atoms with Gasteiger partial charge in [0, 0.05) is 24.7 Å². The van der Waals surface area contributed by atoms with Gasteiger partial charge in [0.05, 0.1) is 0 Å². The molecule has 2 saturated heterocycles. The van der Waals surface area contributed by atoms with Crippen molar-refractivity contribution in [2.45, 2.75) is 50.7 Å². The first-order chi connectivity index (χ1) is 9.28. The number of carbonyl (C=O) groups is 1. The van der Waals surface area contributed by atoms with Crippen molar-refractivity contribution in [3.05, 3.63) is 12.0 Å². The maximum atomic E-state index is 12.5. The molecule has 0 aromatic carbocycles. The first-order valence-electron chi connectivity index (χ1n) is 7.29. The molecule has 19 heavy (non-hydrogen) atoms. The van der Waals surface area contributed by atoms with E-state index in [1.165, 1.54) is 19.1 Å². The molecule has 5 heteroatoms. The van der Waals surface area contributed by atoms with Crippen LogP contribution in [0.25, 0.3) is 0 Å². The van der Waals surface area contributed by atoms with Gasteiger partial charge in [-0.3, -0.25) is 4.79 Å². The Bertz CT molecular complexity index is 371. The lowest BCUT2D eigenvalue weighted by molar-refractivity contribution is -0.135. The van der Waals surface area contributed by atoms with Crippen LogP contribution in [-0.2, 0) is 14.3 Å². The summed E-state index contributed by atoms with van der Waals surface area (Å²) in [5.41, 5.74) is 0. The van der Waals surface area contributed by atoms with Crippen LogP contribution in [-0.4, -0.2) is 48.7 Å². The van der Waals surface area contributed by atoms with Gasteiger partial charge in [0.2, 0.25) is 5.76 Å². The van der Waals surface area contributed by atoms with Crippen molar-refractivity contribution >= 4 is 5.91 Å². The summed E-state index contributed by atoms with van der Waals surface area (Å²) in [6.45, 7) is 3.75. The fourth-order valence-electron chi connectivity index (χ4n) is 3.47. The van der Waals surface area contributed by atoms with Crippen LogP contribution in [0.4, 0.5) is 0 Å². The quantitative estimate of drug-likeness (QED) is 0.828. The molecule has 0 radical (unpaired) electrons. The number of hydrogen-bond acceptors (Lipinski definition) is 4. The zero-order valence-corrected chi connectivity index (χ0v) is 11.4. The minimum atomic E-state index is -0.0199. The molecular weight excluding hydrogens is 244 g/mol. The van der Waals surface area contributed by atoms with Gasteiger partial charge in [-0.1, -0.05) is 0 Å². The molecule has 2 bridgehead atoms. The third-order valence-electron chi connectivity index (χ3n) is 4.35. The molecule has 2 atom stereocenters. The number of nitrogens with one attached hydrogen (secondary N) is 1. The van der Waals surface area contributed by atoms with Crippen LogP contribution in [0.15, 0.2) is 12.0 Å². The second kappa shape index (κ2) is 5.41.